The summed E-state index contributed by atoms with van der Waals surface area (Å²) in [6.07, 6.45) is 4.89. The summed E-state index contributed by atoms with van der Waals surface area (Å²) in [4.78, 5) is 14.4. The molecule has 2 fully saturated rings. The number of hydrogen-bond donors (Lipinski definition) is 2. The highest BCUT2D eigenvalue weighted by molar-refractivity contribution is 5.93. The minimum Gasteiger partial charge on any atom is -0.396 e. The molecule has 0 aromatic carbocycles. The highest BCUT2D eigenvalue weighted by Gasteiger charge is 2.48. The van der Waals surface area contributed by atoms with Gasteiger partial charge in [0, 0.05) is 24.7 Å². The summed E-state index contributed by atoms with van der Waals surface area (Å²) >= 11 is 0. The number of carbonyl (C=O) groups excluding carboxylic acids is 1. The van der Waals surface area contributed by atoms with Gasteiger partial charge in [-0.3, -0.25) is 4.79 Å². The smallest absolute Gasteiger partial charge is 0.274 e. The molecule has 1 amide bonds. The van der Waals surface area contributed by atoms with Crippen molar-refractivity contribution in [3.63, 3.8) is 0 Å². The second kappa shape index (κ2) is 7.19. The van der Waals surface area contributed by atoms with Crippen molar-refractivity contribution in [3.8, 4) is 0 Å². The molecule has 1 aromatic heterocycles. The predicted molar refractivity (Wildman–Crippen MR) is 88.6 cm³/mol. The largest absolute Gasteiger partial charge is 0.396 e. The van der Waals surface area contributed by atoms with E-state index in [2.05, 4.69) is 15.5 Å². The van der Waals surface area contributed by atoms with Crippen molar-refractivity contribution < 1.29 is 14.6 Å². The Hall–Kier alpha value is -1.47. The van der Waals surface area contributed by atoms with Crippen molar-refractivity contribution in [2.75, 3.05) is 19.8 Å². The lowest BCUT2D eigenvalue weighted by Crippen LogP contribution is -2.57. The van der Waals surface area contributed by atoms with Crippen molar-refractivity contribution >= 4 is 5.91 Å². The normalized spacial score (nSPS) is 22.0. The molecule has 7 nitrogen and oxygen atoms in total. The minimum absolute atomic E-state index is 0.0289. The third-order valence-electron chi connectivity index (χ3n) is 5.67. The molecule has 1 aliphatic carbocycles. The predicted octanol–water partition coefficient (Wildman–Crippen LogP) is 1.29. The fourth-order valence-electron chi connectivity index (χ4n) is 4.01. The first-order chi connectivity index (χ1) is 11.6. The molecule has 0 radical (unpaired) electrons. The van der Waals surface area contributed by atoms with E-state index in [4.69, 9.17) is 4.74 Å². The van der Waals surface area contributed by atoms with Gasteiger partial charge in [0.15, 0.2) is 5.69 Å². The van der Waals surface area contributed by atoms with E-state index in [9.17, 15) is 9.90 Å². The molecule has 1 saturated heterocycles. The fraction of sp³-hybridized carbons (Fsp3) is 0.824. The maximum Gasteiger partial charge on any atom is 0.274 e. The summed E-state index contributed by atoms with van der Waals surface area (Å²) in [7, 11) is 0. The van der Waals surface area contributed by atoms with E-state index in [1.165, 1.54) is 0 Å². The highest BCUT2D eigenvalue weighted by atomic mass is 16.5. The summed E-state index contributed by atoms with van der Waals surface area (Å²) in [5, 5.41) is 21.8. The number of aliphatic hydroxyl groups is 1. The Morgan fingerprint density at radius 1 is 1.42 bits per heavy atom. The first-order valence-corrected chi connectivity index (χ1v) is 9.01. The minimum atomic E-state index is -0.188. The number of amides is 1. The lowest BCUT2D eigenvalue weighted by Gasteiger charge is -2.50. The monoisotopic (exact) mass is 336 g/mol. The van der Waals surface area contributed by atoms with Gasteiger partial charge in [-0.25, -0.2) is 0 Å². The molecule has 0 bridgehead atoms. The summed E-state index contributed by atoms with van der Waals surface area (Å²) in [6.45, 7) is 5.96. The van der Waals surface area contributed by atoms with Gasteiger partial charge >= 0.3 is 0 Å². The Balaban J connectivity index is 1.80. The number of nitrogens with zero attached hydrogens (tertiary/aromatic N) is 3. The van der Waals surface area contributed by atoms with Gasteiger partial charge in [-0.2, -0.15) is 9.90 Å². The summed E-state index contributed by atoms with van der Waals surface area (Å²) in [5.74, 6) is 0.167. The zero-order valence-electron chi connectivity index (χ0n) is 14.6. The zero-order valence-corrected chi connectivity index (χ0v) is 14.6. The number of nitrogens with one attached hydrogen (secondary N) is 1. The lowest BCUT2D eigenvalue weighted by molar-refractivity contribution is -0.0379. The first-order valence-electron chi connectivity index (χ1n) is 9.01. The van der Waals surface area contributed by atoms with Crippen LogP contribution in [-0.4, -0.2) is 51.9 Å². The zero-order chi connectivity index (χ0) is 17.2. The molecule has 0 spiro atoms. The number of hydrogen-bond acceptors (Lipinski definition) is 5. The van der Waals surface area contributed by atoms with Gasteiger partial charge in [0.25, 0.3) is 5.91 Å². The van der Waals surface area contributed by atoms with Crippen molar-refractivity contribution in [2.24, 2.45) is 11.3 Å². The standard InChI is InChI=1S/C17H28N4O3/c1-3-21-19-12(2)14(20-21)16(23)18-15(13-5-9-24-10-6-13)17(11-22)7-4-8-17/h13,15,22H,3-11H2,1-2H3,(H,18,23)/t15-/m0/s1. The highest BCUT2D eigenvalue weighted by Crippen LogP contribution is 2.47. The molecule has 0 unspecified atom stereocenters. The Morgan fingerprint density at radius 2 is 2.12 bits per heavy atom. The van der Waals surface area contributed by atoms with Crippen LogP contribution in [0.4, 0.5) is 0 Å². The van der Waals surface area contributed by atoms with E-state index in [1.54, 1.807) is 4.80 Å². The SMILES string of the molecule is CCn1nc(C)c(C(=O)N[C@@H](C2CCOCC2)C2(CO)CCC2)n1. The topological polar surface area (TPSA) is 89.3 Å². The van der Waals surface area contributed by atoms with E-state index >= 15 is 0 Å². The lowest BCUT2D eigenvalue weighted by atomic mass is 9.60. The van der Waals surface area contributed by atoms with E-state index < -0.39 is 0 Å². The summed E-state index contributed by atoms with van der Waals surface area (Å²) in [5.41, 5.74) is 0.847. The van der Waals surface area contributed by atoms with E-state index in [1.807, 2.05) is 13.8 Å². The number of carbonyl (C=O) groups is 1. The van der Waals surface area contributed by atoms with Crippen LogP contribution in [0.25, 0.3) is 0 Å². The Labute approximate surface area is 142 Å². The van der Waals surface area contributed by atoms with Gasteiger partial charge in [0.1, 0.15) is 0 Å². The summed E-state index contributed by atoms with van der Waals surface area (Å²) in [6, 6.07) is -0.0289. The fourth-order valence-corrected chi connectivity index (χ4v) is 4.01. The Bertz CT molecular complexity index is 571. The molecule has 2 N–H and O–H groups in total. The Morgan fingerprint density at radius 3 is 2.62 bits per heavy atom. The van der Waals surface area contributed by atoms with Crippen LogP contribution in [0.15, 0.2) is 0 Å². The van der Waals surface area contributed by atoms with Crippen molar-refractivity contribution in [2.45, 2.75) is 58.5 Å². The van der Waals surface area contributed by atoms with Gasteiger partial charge in [-0.15, -0.1) is 5.10 Å². The molecule has 3 rings (SSSR count). The van der Waals surface area contributed by atoms with Crippen molar-refractivity contribution in [3.05, 3.63) is 11.4 Å². The van der Waals surface area contributed by atoms with Crippen LogP contribution in [0.2, 0.25) is 0 Å². The number of ether oxygens (including phenoxy) is 1. The average Bonchev–Trinajstić information content (AvgIpc) is 2.95. The first kappa shape index (κ1) is 17.4. The summed E-state index contributed by atoms with van der Waals surface area (Å²) < 4.78 is 5.47. The van der Waals surface area contributed by atoms with E-state index in [0.29, 0.717) is 23.9 Å². The average molecular weight is 336 g/mol. The van der Waals surface area contributed by atoms with Crippen LogP contribution < -0.4 is 5.32 Å². The van der Waals surface area contributed by atoms with E-state index in [0.717, 1.165) is 45.3 Å². The maximum absolute atomic E-state index is 12.8. The molecule has 7 heteroatoms. The molecule has 2 heterocycles. The molecule has 1 atom stereocenters. The molecular weight excluding hydrogens is 308 g/mol. The van der Waals surface area contributed by atoms with Gasteiger partial charge in [0.05, 0.1) is 18.8 Å². The molecule has 2 aliphatic rings. The second-order valence-corrected chi connectivity index (χ2v) is 7.10. The number of rotatable bonds is 6. The molecule has 1 aliphatic heterocycles. The van der Waals surface area contributed by atoms with Gasteiger partial charge < -0.3 is 15.2 Å². The van der Waals surface area contributed by atoms with Gasteiger partial charge in [-0.05, 0) is 45.4 Å². The number of aryl methyl sites for hydroxylation is 2. The molecule has 1 saturated carbocycles. The van der Waals surface area contributed by atoms with Crippen LogP contribution in [0.5, 0.6) is 0 Å². The molecule has 134 valence electrons. The quantitative estimate of drug-likeness (QED) is 0.817. The van der Waals surface area contributed by atoms with Crippen LogP contribution in [0, 0.1) is 18.3 Å². The molecule has 24 heavy (non-hydrogen) atoms. The maximum atomic E-state index is 12.8. The molecule has 1 aromatic rings. The van der Waals surface area contributed by atoms with Crippen LogP contribution in [0.1, 0.15) is 55.2 Å². The van der Waals surface area contributed by atoms with Crippen LogP contribution in [-0.2, 0) is 11.3 Å². The third kappa shape index (κ3) is 3.19. The van der Waals surface area contributed by atoms with Gasteiger partial charge in [-0.1, -0.05) is 6.42 Å². The van der Waals surface area contributed by atoms with Crippen molar-refractivity contribution in [1.29, 1.82) is 0 Å². The van der Waals surface area contributed by atoms with Crippen LogP contribution in [0.3, 0.4) is 0 Å². The van der Waals surface area contributed by atoms with Gasteiger partial charge in [0.2, 0.25) is 0 Å². The second-order valence-electron chi connectivity index (χ2n) is 7.10. The van der Waals surface area contributed by atoms with E-state index in [-0.39, 0.29) is 24.0 Å². The van der Waals surface area contributed by atoms with Crippen LogP contribution >= 0.6 is 0 Å². The number of aliphatic hydroxyl groups excluding tert-OH is 1. The number of aromatic nitrogens is 3. The third-order valence-corrected chi connectivity index (χ3v) is 5.67. The molecular formula is C17H28N4O3. The van der Waals surface area contributed by atoms with Crippen molar-refractivity contribution in [1.82, 2.24) is 20.3 Å². The Kier molecular flexibility index (Phi) is 5.20.